The summed E-state index contributed by atoms with van der Waals surface area (Å²) in [6.45, 7) is 1.11. The molecular weight excluding hydrogens is 372 g/mol. The number of rotatable bonds is 4. The highest BCUT2D eigenvalue weighted by Gasteiger charge is 2.27. The molecule has 2 aromatic heterocycles. The molecule has 3 aromatic rings. The Morgan fingerprint density at radius 3 is 2.77 bits per heavy atom. The van der Waals surface area contributed by atoms with Gasteiger partial charge in [-0.25, -0.2) is 9.97 Å². The molecule has 0 saturated heterocycles. The van der Waals surface area contributed by atoms with Crippen molar-refractivity contribution >= 4 is 29.3 Å². The molecule has 0 atom stereocenters. The van der Waals surface area contributed by atoms with Crippen LogP contribution in [0.3, 0.4) is 0 Å². The molecule has 1 aliphatic heterocycles. The van der Waals surface area contributed by atoms with Crippen molar-refractivity contribution in [2.24, 2.45) is 0 Å². The second-order valence-electron chi connectivity index (χ2n) is 5.83. The molecule has 0 fully saturated rings. The van der Waals surface area contributed by atoms with Gasteiger partial charge in [0.15, 0.2) is 5.16 Å². The Balaban J connectivity index is 1.47. The number of carbonyl (C=O) groups is 1. The van der Waals surface area contributed by atoms with E-state index >= 15 is 0 Å². The van der Waals surface area contributed by atoms with Crippen LogP contribution in [0.15, 0.2) is 52.4 Å². The lowest BCUT2D eigenvalue weighted by Crippen LogP contribution is -2.36. The van der Waals surface area contributed by atoms with Crippen LogP contribution in [0, 0.1) is 0 Å². The summed E-state index contributed by atoms with van der Waals surface area (Å²) in [5.74, 6) is 1.20. The minimum atomic E-state index is 0.0522. The number of thioether (sulfide) groups is 1. The molecule has 4 rings (SSSR count). The molecule has 0 N–H and O–H groups in total. The number of aromatic nitrogens is 3. The zero-order chi connectivity index (χ0) is 17.9. The summed E-state index contributed by atoms with van der Waals surface area (Å²) in [7, 11) is 0. The molecule has 0 radical (unpaired) electrons. The number of benzene rings is 1. The van der Waals surface area contributed by atoms with Crippen LogP contribution in [-0.4, -0.2) is 38.2 Å². The van der Waals surface area contributed by atoms with Gasteiger partial charge in [0.1, 0.15) is 11.5 Å². The number of nitrogens with zero attached hydrogens (tertiary/aromatic N) is 4. The monoisotopic (exact) mass is 386 g/mol. The molecule has 1 amide bonds. The highest BCUT2D eigenvalue weighted by Crippen LogP contribution is 2.31. The molecule has 3 heterocycles. The number of amides is 1. The van der Waals surface area contributed by atoms with E-state index in [1.54, 1.807) is 18.5 Å². The summed E-state index contributed by atoms with van der Waals surface area (Å²) >= 11 is 7.30. The topological polar surface area (TPSA) is 72.1 Å². The van der Waals surface area contributed by atoms with Crippen molar-refractivity contribution in [3.8, 4) is 11.3 Å². The molecule has 26 heavy (non-hydrogen) atoms. The number of fused-ring (bicyclic) bond motifs is 1. The zero-order valence-electron chi connectivity index (χ0n) is 13.8. The Labute approximate surface area is 159 Å². The van der Waals surface area contributed by atoms with Gasteiger partial charge in [0, 0.05) is 41.5 Å². The fourth-order valence-corrected chi connectivity index (χ4v) is 3.67. The van der Waals surface area contributed by atoms with Crippen LogP contribution in [0.25, 0.3) is 11.3 Å². The summed E-state index contributed by atoms with van der Waals surface area (Å²) in [4.78, 5) is 22.7. The third-order valence-electron chi connectivity index (χ3n) is 4.16. The lowest BCUT2D eigenvalue weighted by molar-refractivity contribution is -0.129. The van der Waals surface area contributed by atoms with Gasteiger partial charge in [-0.05, 0) is 18.2 Å². The van der Waals surface area contributed by atoms with Crippen molar-refractivity contribution in [2.75, 3.05) is 12.3 Å². The standard InChI is InChI=1S/C18H15ClN4O2S/c19-13-4-2-12(3-5-13)17-14-10-23(9-6-15(14)25-22-17)16(24)11-26-18-20-7-1-8-21-18/h1-5,7-8H,6,9-11H2. The molecule has 1 aromatic carbocycles. The molecule has 8 heteroatoms. The van der Waals surface area contributed by atoms with E-state index in [0.717, 1.165) is 22.6 Å². The minimum absolute atomic E-state index is 0.0522. The molecule has 132 valence electrons. The van der Waals surface area contributed by atoms with Crippen LogP contribution in [0.4, 0.5) is 0 Å². The second kappa shape index (κ2) is 7.47. The van der Waals surface area contributed by atoms with Crippen molar-refractivity contribution in [3.05, 3.63) is 59.1 Å². The first kappa shape index (κ1) is 17.1. The predicted octanol–water partition coefficient (Wildman–Crippen LogP) is 3.46. The van der Waals surface area contributed by atoms with E-state index in [2.05, 4.69) is 15.1 Å². The van der Waals surface area contributed by atoms with Gasteiger partial charge < -0.3 is 9.42 Å². The maximum absolute atomic E-state index is 12.6. The van der Waals surface area contributed by atoms with Gasteiger partial charge in [0.25, 0.3) is 0 Å². The van der Waals surface area contributed by atoms with Crippen LogP contribution >= 0.6 is 23.4 Å². The fourth-order valence-electron chi connectivity index (χ4n) is 2.83. The van der Waals surface area contributed by atoms with Gasteiger partial charge in [0.05, 0.1) is 12.3 Å². The van der Waals surface area contributed by atoms with E-state index in [9.17, 15) is 4.79 Å². The van der Waals surface area contributed by atoms with E-state index in [4.69, 9.17) is 16.1 Å². The van der Waals surface area contributed by atoms with Crippen molar-refractivity contribution in [3.63, 3.8) is 0 Å². The van der Waals surface area contributed by atoms with Gasteiger partial charge in [0.2, 0.25) is 5.91 Å². The van der Waals surface area contributed by atoms with E-state index in [1.807, 2.05) is 29.2 Å². The molecule has 0 spiro atoms. The number of hydrogen-bond donors (Lipinski definition) is 0. The lowest BCUT2D eigenvalue weighted by Gasteiger charge is -2.26. The number of carbonyl (C=O) groups excluding carboxylic acids is 1. The first-order chi connectivity index (χ1) is 12.7. The smallest absolute Gasteiger partial charge is 0.233 e. The summed E-state index contributed by atoms with van der Waals surface area (Å²) in [5.41, 5.74) is 2.67. The molecular formula is C18H15ClN4O2S. The SMILES string of the molecule is O=C(CSc1ncccn1)N1CCc2onc(-c3ccc(Cl)cc3)c2C1. The largest absolute Gasteiger partial charge is 0.360 e. The van der Waals surface area contributed by atoms with E-state index in [-0.39, 0.29) is 5.91 Å². The van der Waals surface area contributed by atoms with Crippen molar-refractivity contribution in [1.82, 2.24) is 20.0 Å². The summed E-state index contributed by atoms with van der Waals surface area (Å²) in [6.07, 6.45) is 4.00. The van der Waals surface area contributed by atoms with Gasteiger partial charge >= 0.3 is 0 Å². The lowest BCUT2D eigenvalue weighted by atomic mass is 10.0. The fraction of sp³-hybridized carbons (Fsp3) is 0.222. The van der Waals surface area contributed by atoms with Gasteiger partial charge in [-0.15, -0.1) is 0 Å². The van der Waals surface area contributed by atoms with Crippen LogP contribution in [0.2, 0.25) is 5.02 Å². The molecule has 6 nitrogen and oxygen atoms in total. The highest BCUT2D eigenvalue weighted by atomic mass is 35.5. The van der Waals surface area contributed by atoms with Crippen molar-refractivity contribution in [2.45, 2.75) is 18.1 Å². The van der Waals surface area contributed by atoms with Crippen LogP contribution in [-0.2, 0) is 17.8 Å². The van der Waals surface area contributed by atoms with Crippen LogP contribution in [0.1, 0.15) is 11.3 Å². The van der Waals surface area contributed by atoms with E-state index < -0.39 is 0 Å². The quantitative estimate of drug-likeness (QED) is 0.505. The average Bonchev–Trinajstić information content (AvgIpc) is 3.11. The van der Waals surface area contributed by atoms with E-state index in [1.165, 1.54) is 11.8 Å². The molecule has 0 aliphatic carbocycles. The predicted molar refractivity (Wildman–Crippen MR) is 98.8 cm³/mol. The first-order valence-corrected chi connectivity index (χ1v) is 9.48. The highest BCUT2D eigenvalue weighted by molar-refractivity contribution is 7.99. The Bertz CT molecular complexity index is 915. The number of halogens is 1. The molecule has 1 aliphatic rings. The van der Waals surface area contributed by atoms with Crippen molar-refractivity contribution in [1.29, 1.82) is 0 Å². The average molecular weight is 387 g/mol. The first-order valence-electron chi connectivity index (χ1n) is 8.11. The second-order valence-corrected chi connectivity index (χ2v) is 7.20. The van der Waals surface area contributed by atoms with Crippen LogP contribution in [0.5, 0.6) is 0 Å². The Morgan fingerprint density at radius 1 is 1.23 bits per heavy atom. The van der Waals surface area contributed by atoms with E-state index in [0.29, 0.717) is 35.4 Å². The molecule has 0 saturated carbocycles. The zero-order valence-corrected chi connectivity index (χ0v) is 15.3. The summed E-state index contributed by atoms with van der Waals surface area (Å²) in [5, 5.41) is 5.48. The van der Waals surface area contributed by atoms with Gasteiger partial charge in [-0.1, -0.05) is 40.7 Å². The summed E-state index contributed by atoms with van der Waals surface area (Å²) < 4.78 is 5.48. The Morgan fingerprint density at radius 2 is 2.00 bits per heavy atom. The number of hydrogen-bond acceptors (Lipinski definition) is 6. The maximum atomic E-state index is 12.6. The third-order valence-corrected chi connectivity index (χ3v) is 5.28. The maximum Gasteiger partial charge on any atom is 0.233 e. The molecule has 0 bridgehead atoms. The van der Waals surface area contributed by atoms with Crippen LogP contribution < -0.4 is 0 Å². The molecule has 0 unspecified atom stereocenters. The Kier molecular flexibility index (Phi) is 4.90. The Hall–Kier alpha value is -2.38. The van der Waals surface area contributed by atoms with Gasteiger partial charge in [-0.2, -0.15) is 0 Å². The third kappa shape index (κ3) is 3.59. The normalized spacial score (nSPS) is 13.5. The van der Waals surface area contributed by atoms with Gasteiger partial charge in [-0.3, -0.25) is 4.79 Å². The van der Waals surface area contributed by atoms with Crippen molar-refractivity contribution < 1.29 is 9.32 Å². The minimum Gasteiger partial charge on any atom is -0.360 e. The summed E-state index contributed by atoms with van der Waals surface area (Å²) in [6, 6.07) is 9.20.